The highest BCUT2D eigenvalue weighted by atomic mass is 32.2. The van der Waals surface area contributed by atoms with Crippen molar-refractivity contribution in [1.82, 2.24) is 0 Å². The van der Waals surface area contributed by atoms with Crippen LogP contribution in [0.4, 0.5) is 0 Å². The quantitative estimate of drug-likeness (QED) is 0.777. The van der Waals surface area contributed by atoms with Crippen molar-refractivity contribution in [3.63, 3.8) is 0 Å². The molecule has 0 aromatic rings. The Hall–Kier alpha value is -0.560. The minimum Gasteiger partial charge on any atom is -0.228 e. The van der Waals surface area contributed by atoms with Crippen LogP contribution in [-0.2, 0) is 9.84 Å². The largest absolute Gasteiger partial charge is 0.228 e. The van der Waals surface area contributed by atoms with Crippen molar-refractivity contribution < 1.29 is 8.42 Å². The highest BCUT2D eigenvalue weighted by molar-refractivity contribution is 7.92. The molecule has 0 radical (unpaired) electrons. The van der Waals surface area contributed by atoms with Gasteiger partial charge in [0.1, 0.15) is 0 Å². The second-order valence-electron chi connectivity index (χ2n) is 6.72. The molecule has 114 valence electrons. The normalized spacial score (nSPS) is 32.1. The molecule has 0 amide bonds. The number of sulfone groups is 1. The van der Waals surface area contributed by atoms with E-state index < -0.39 is 15.1 Å². The van der Waals surface area contributed by atoms with Crippen molar-refractivity contribution >= 4 is 9.84 Å². The van der Waals surface area contributed by atoms with E-state index in [2.05, 4.69) is 13.0 Å². The lowest BCUT2D eigenvalue weighted by Gasteiger charge is -2.33. The van der Waals surface area contributed by atoms with Crippen LogP contribution in [-0.4, -0.2) is 19.4 Å². The van der Waals surface area contributed by atoms with Crippen molar-refractivity contribution in [3.05, 3.63) is 0 Å². The molecular weight excluding hydrogens is 270 g/mol. The fraction of sp³-hybridized carbons (Fsp3) is 0.938. The van der Waals surface area contributed by atoms with Crippen LogP contribution in [0.3, 0.4) is 0 Å². The fourth-order valence-corrected chi connectivity index (χ4v) is 6.56. The Balaban J connectivity index is 2.06. The van der Waals surface area contributed by atoms with Crippen LogP contribution in [0.15, 0.2) is 0 Å². The lowest BCUT2D eigenvalue weighted by molar-refractivity contribution is 0.298. The first kappa shape index (κ1) is 15.8. The maximum atomic E-state index is 12.7. The smallest absolute Gasteiger partial charge is 0.154 e. The Morgan fingerprint density at radius 2 is 1.80 bits per heavy atom. The molecule has 3 unspecified atom stereocenters. The highest BCUT2D eigenvalue weighted by Gasteiger charge is 2.40. The average Bonchev–Trinajstić information content (AvgIpc) is 2.91. The van der Waals surface area contributed by atoms with Gasteiger partial charge in [-0.3, -0.25) is 0 Å². The molecular formula is C16H27NO2S. The predicted molar refractivity (Wildman–Crippen MR) is 80.9 cm³/mol. The average molecular weight is 297 g/mol. The van der Waals surface area contributed by atoms with Crippen molar-refractivity contribution in [3.8, 4) is 6.07 Å². The first-order valence-corrected chi connectivity index (χ1v) is 9.89. The summed E-state index contributed by atoms with van der Waals surface area (Å²) in [6, 6.07) is 2.27. The van der Waals surface area contributed by atoms with E-state index in [1.54, 1.807) is 0 Å². The fourth-order valence-electron chi connectivity index (χ4n) is 4.06. The molecule has 4 heteroatoms. The zero-order chi connectivity index (χ0) is 14.6. The van der Waals surface area contributed by atoms with Gasteiger partial charge < -0.3 is 0 Å². The molecule has 0 heterocycles. The number of nitriles is 1. The van der Waals surface area contributed by atoms with E-state index in [1.165, 1.54) is 12.8 Å². The topological polar surface area (TPSA) is 57.9 Å². The van der Waals surface area contributed by atoms with Crippen LogP contribution >= 0.6 is 0 Å². The van der Waals surface area contributed by atoms with E-state index in [0.29, 0.717) is 17.6 Å². The van der Waals surface area contributed by atoms with Crippen molar-refractivity contribution in [1.29, 1.82) is 5.26 Å². The van der Waals surface area contributed by atoms with E-state index in [1.807, 2.05) is 0 Å². The molecule has 2 aliphatic rings. The Labute approximate surface area is 123 Å². The second kappa shape index (κ2) is 6.93. The Kier molecular flexibility index (Phi) is 5.49. The molecule has 0 aromatic heterocycles. The summed E-state index contributed by atoms with van der Waals surface area (Å²) in [6.07, 6.45) is 9.20. The molecule has 0 aromatic carbocycles. The van der Waals surface area contributed by atoms with Crippen molar-refractivity contribution in [2.24, 2.45) is 17.8 Å². The van der Waals surface area contributed by atoms with Gasteiger partial charge in [0.05, 0.1) is 23.0 Å². The second-order valence-corrected chi connectivity index (χ2v) is 8.99. The van der Waals surface area contributed by atoms with E-state index in [9.17, 15) is 13.7 Å². The molecule has 2 saturated carbocycles. The van der Waals surface area contributed by atoms with E-state index in [0.717, 1.165) is 44.9 Å². The molecule has 20 heavy (non-hydrogen) atoms. The summed E-state index contributed by atoms with van der Waals surface area (Å²) < 4.78 is 25.4. The van der Waals surface area contributed by atoms with Gasteiger partial charge in [-0.25, -0.2) is 8.42 Å². The Bertz CT molecular complexity index is 446. The number of nitrogens with zero attached hydrogens (tertiary/aromatic N) is 1. The van der Waals surface area contributed by atoms with Gasteiger partial charge in [-0.15, -0.1) is 0 Å². The number of rotatable bonds is 5. The zero-order valence-corrected chi connectivity index (χ0v) is 13.4. The predicted octanol–water partition coefficient (Wildman–Crippen LogP) is 3.70. The summed E-state index contributed by atoms with van der Waals surface area (Å²) in [5.74, 6) is 0.919. The number of hydrogen-bond donors (Lipinski definition) is 0. The molecule has 0 bridgehead atoms. The van der Waals surface area contributed by atoms with Gasteiger partial charge in [-0.1, -0.05) is 32.6 Å². The van der Waals surface area contributed by atoms with Crippen LogP contribution in [0, 0.1) is 29.1 Å². The SMILES string of the molecule is CCCC1CCC(C#N)C(S(=O)(=O)CC2CCCC2)C1. The van der Waals surface area contributed by atoms with Gasteiger partial charge >= 0.3 is 0 Å². The van der Waals surface area contributed by atoms with Crippen molar-refractivity contribution in [2.75, 3.05) is 5.75 Å². The van der Waals surface area contributed by atoms with Crippen LogP contribution in [0.1, 0.15) is 64.7 Å². The third kappa shape index (κ3) is 3.75. The monoisotopic (exact) mass is 297 g/mol. The number of hydrogen-bond acceptors (Lipinski definition) is 3. The lowest BCUT2D eigenvalue weighted by atomic mass is 9.80. The molecule has 3 nitrogen and oxygen atoms in total. The maximum Gasteiger partial charge on any atom is 0.154 e. The van der Waals surface area contributed by atoms with Crippen LogP contribution in [0.25, 0.3) is 0 Å². The van der Waals surface area contributed by atoms with E-state index in [-0.39, 0.29) is 5.92 Å². The van der Waals surface area contributed by atoms with E-state index >= 15 is 0 Å². The van der Waals surface area contributed by atoms with E-state index in [4.69, 9.17) is 0 Å². The molecule has 0 saturated heterocycles. The third-order valence-electron chi connectivity index (χ3n) is 5.17. The maximum absolute atomic E-state index is 12.7. The van der Waals surface area contributed by atoms with Gasteiger partial charge in [0, 0.05) is 0 Å². The third-order valence-corrected chi connectivity index (χ3v) is 7.55. The standard InChI is InChI=1S/C16H27NO2S/c1-2-5-13-8-9-15(11-17)16(10-13)20(18,19)12-14-6-3-4-7-14/h13-16H,2-10,12H2,1H3. The minimum atomic E-state index is -3.10. The molecule has 0 spiro atoms. The summed E-state index contributed by atoms with van der Waals surface area (Å²) in [5, 5.41) is 8.90. The van der Waals surface area contributed by atoms with Gasteiger partial charge in [0.2, 0.25) is 0 Å². The summed E-state index contributed by atoms with van der Waals surface area (Å²) in [5.41, 5.74) is 0. The summed E-state index contributed by atoms with van der Waals surface area (Å²) in [6.45, 7) is 2.15. The van der Waals surface area contributed by atoms with Gasteiger partial charge in [0.15, 0.2) is 9.84 Å². The van der Waals surface area contributed by atoms with Gasteiger partial charge in [-0.05, 0) is 43.9 Å². The minimum absolute atomic E-state index is 0.269. The summed E-state index contributed by atoms with van der Waals surface area (Å²) in [4.78, 5) is 0. The van der Waals surface area contributed by atoms with Crippen LogP contribution in [0.5, 0.6) is 0 Å². The molecule has 2 aliphatic carbocycles. The molecule has 2 rings (SSSR count). The molecule has 0 N–H and O–H groups in total. The highest BCUT2D eigenvalue weighted by Crippen LogP contribution is 2.37. The Morgan fingerprint density at radius 1 is 1.10 bits per heavy atom. The lowest BCUT2D eigenvalue weighted by Crippen LogP contribution is -2.38. The first-order chi connectivity index (χ1) is 9.56. The van der Waals surface area contributed by atoms with Crippen molar-refractivity contribution in [2.45, 2.75) is 70.0 Å². The van der Waals surface area contributed by atoms with Crippen LogP contribution < -0.4 is 0 Å². The first-order valence-electron chi connectivity index (χ1n) is 8.18. The summed E-state index contributed by atoms with van der Waals surface area (Å²) >= 11 is 0. The van der Waals surface area contributed by atoms with Crippen LogP contribution in [0.2, 0.25) is 0 Å². The van der Waals surface area contributed by atoms with Gasteiger partial charge in [0.25, 0.3) is 0 Å². The molecule has 3 atom stereocenters. The Morgan fingerprint density at radius 3 is 2.40 bits per heavy atom. The molecule has 0 aliphatic heterocycles. The molecule has 2 fully saturated rings. The van der Waals surface area contributed by atoms with Gasteiger partial charge in [-0.2, -0.15) is 5.26 Å². The zero-order valence-electron chi connectivity index (χ0n) is 12.6. The summed E-state index contributed by atoms with van der Waals surface area (Å²) in [7, 11) is -3.10.